The minimum atomic E-state index is -0.671. The number of rotatable bonds is 4. The summed E-state index contributed by atoms with van der Waals surface area (Å²) in [6, 6.07) is 17.4. The number of nitrogens with zero attached hydrogens (tertiary/aromatic N) is 1. The Morgan fingerprint density at radius 2 is 1.95 bits per heavy atom. The molecule has 0 fully saturated rings. The fourth-order valence-corrected chi connectivity index (χ4v) is 1.81. The molecule has 2 rings (SSSR count). The monoisotopic (exact) mass is 266 g/mol. The molecule has 1 unspecified atom stereocenters. The number of ether oxygens (including phenoxy) is 1. The zero-order chi connectivity index (χ0) is 14.4. The van der Waals surface area contributed by atoms with Gasteiger partial charge in [-0.3, -0.25) is 4.79 Å². The summed E-state index contributed by atoms with van der Waals surface area (Å²) in [7, 11) is 1.54. The Hall–Kier alpha value is -2.80. The standard InChI is InChI=1S/C16H14N2O2/c1-20-14-9-5-8-13(10-14)16(19)18-15(11-17)12-6-3-2-4-7-12/h2-10,15H,1H3,(H,18,19). The quantitative estimate of drug-likeness (QED) is 0.925. The number of nitriles is 1. The molecule has 0 radical (unpaired) electrons. The minimum absolute atomic E-state index is 0.306. The molecule has 0 aliphatic heterocycles. The average Bonchev–Trinajstić information content (AvgIpc) is 2.53. The first-order chi connectivity index (χ1) is 9.74. The zero-order valence-electron chi connectivity index (χ0n) is 11.0. The number of benzene rings is 2. The Kier molecular flexibility index (Phi) is 4.35. The van der Waals surface area contributed by atoms with Gasteiger partial charge in [-0.05, 0) is 23.8 Å². The highest BCUT2D eigenvalue weighted by Gasteiger charge is 2.15. The van der Waals surface area contributed by atoms with Gasteiger partial charge in [0.1, 0.15) is 11.8 Å². The lowest BCUT2D eigenvalue weighted by Gasteiger charge is -2.12. The molecule has 0 saturated carbocycles. The number of carbonyl (C=O) groups excluding carboxylic acids is 1. The molecule has 1 amide bonds. The summed E-state index contributed by atoms with van der Waals surface area (Å²) in [5.41, 5.74) is 1.21. The first kappa shape index (κ1) is 13.6. The number of amides is 1. The molecule has 4 heteroatoms. The summed E-state index contributed by atoms with van der Waals surface area (Å²) >= 11 is 0. The molecule has 100 valence electrons. The van der Waals surface area contributed by atoms with Crippen molar-refractivity contribution in [3.63, 3.8) is 0 Å². The first-order valence-corrected chi connectivity index (χ1v) is 6.14. The average molecular weight is 266 g/mol. The largest absolute Gasteiger partial charge is 0.497 e. The molecule has 2 aromatic rings. The van der Waals surface area contributed by atoms with Gasteiger partial charge in [-0.15, -0.1) is 0 Å². The topological polar surface area (TPSA) is 62.1 Å². The van der Waals surface area contributed by atoms with Gasteiger partial charge in [-0.1, -0.05) is 36.4 Å². The molecular weight excluding hydrogens is 252 g/mol. The molecule has 0 aromatic heterocycles. The van der Waals surface area contributed by atoms with E-state index in [1.807, 2.05) is 18.2 Å². The van der Waals surface area contributed by atoms with Crippen molar-refractivity contribution in [3.8, 4) is 11.8 Å². The molecule has 1 atom stereocenters. The lowest BCUT2D eigenvalue weighted by Crippen LogP contribution is -2.27. The van der Waals surface area contributed by atoms with Crippen molar-refractivity contribution in [1.82, 2.24) is 5.32 Å². The molecular formula is C16H14N2O2. The molecule has 0 spiro atoms. The van der Waals surface area contributed by atoms with Gasteiger partial charge in [0.2, 0.25) is 0 Å². The predicted molar refractivity (Wildman–Crippen MR) is 75.3 cm³/mol. The highest BCUT2D eigenvalue weighted by Crippen LogP contribution is 2.15. The van der Waals surface area contributed by atoms with Gasteiger partial charge < -0.3 is 10.1 Å². The van der Waals surface area contributed by atoms with Gasteiger partial charge in [0.25, 0.3) is 5.91 Å². The maximum Gasteiger partial charge on any atom is 0.252 e. The van der Waals surface area contributed by atoms with Crippen LogP contribution < -0.4 is 10.1 Å². The number of hydrogen-bond acceptors (Lipinski definition) is 3. The van der Waals surface area contributed by atoms with E-state index in [1.165, 1.54) is 0 Å². The maximum absolute atomic E-state index is 12.1. The fraction of sp³-hybridized carbons (Fsp3) is 0.125. The second-order valence-electron chi connectivity index (χ2n) is 4.18. The highest BCUT2D eigenvalue weighted by atomic mass is 16.5. The van der Waals surface area contributed by atoms with Gasteiger partial charge in [-0.25, -0.2) is 0 Å². The van der Waals surface area contributed by atoms with Crippen LogP contribution in [0.2, 0.25) is 0 Å². The Bertz CT molecular complexity index is 632. The van der Waals surface area contributed by atoms with Crippen LogP contribution in [0.15, 0.2) is 54.6 Å². The van der Waals surface area contributed by atoms with Crippen LogP contribution in [0.25, 0.3) is 0 Å². The third kappa shape index (κ3) is 3.15. The molecule has 0 aliphatic carbocycles. The first-order valence-electron chi connectivity index (χ1n) is 6.14. The van der Waals surface area contributed by atoms with E-state index in [1.54, 1.807) is 43.5 Å². The maximum atomic E-state index is 12.1. The van der Waals surface area contributed by atoms with Gasteiger partial charge in [0, 0.05) is 5.56 Å². The minimum Gasteiger partial charge on any atom is -0.497 e. The van der Waals surface area contributed by atoms with E-state index >= 15 is 0 Å². The van der Waals surface area contributed by atoms with Crippen molar-refractivity contribution in [2.75, 3.05) is 7.11 Å². The van der Waals surface area contributed by atoms with Gasteiger partial charge in [-0.2, -0.15) is 5.26 Å². The zero-order valence-corrected chi connectivity index (χ0v) is 11.0. The number of methoxy groups -OCH3 is 1. The van der Waals surface area contributed by atoms with E-state index in [4.69, 9.17) is 4.74 Å². The predicted octanol–water partition coefficient (Wildman–Crippen LogP) is 2.69. The van der Waals surface area contributed by atoms with Gasteiger partial charge in [0.15, 0.2) is 0 Å². The summed E-state index contributed by atoms with van der Waals surface area (Å²) < 4.78 is 5.08. The second kappa shape index (κ2) is 6.39. The van der Waals surface area contributed by atoms with E-state index < -0.39 is 6.04 Å². The van der Waals surface area contributed by atoms with Crippen molar-refractivity contribution in [3.05, 3.63) is 65.7 Å². The van der Waals surface area contributed by atoms with Crippen molar-refractivity contribution >= 4 is 5.91 Å². The smallest absolute Gasteiger partial charge is 0.252 e. The third-order valence-corrected chi connectivity index (χ3v) is 2.87. The van der Waals surface area contributed by atoms with Crippen LogP contribution >= 0.6 is 0 Å². The fourth-order valence-electron chi connectivity index (χ4n) is 1.81. The summed E-state index contributed by atoms with van der Waals surface area (Å²) in [5, 5.41) is 11.9. The van der Waals surface area contributed by atoms with Crippen molar-refractivity contribution in [1.29, 1.82) is 5.26 Å². The Morgan fingerprint density at radius 1 is 1.20 bits per heavy atom. The molecule has 4 nitrogen and oxygen atoms in total. The lowest BCUT2D eigenvalue weighted by molar-refractivity contribution is 0.0945. The molecule has 2 aromatic carbocycles. The summed E-state index contributed by atoms with van der Waals surface area (Å²) in [6.07, 6.45) is 0. The highest BCUT2D eigenvalue weighted by molar-refractivity contribution is 5.95. The third-order valence-electron chi connectivity index (χ3n) is 2.87. The van der Waals surface area contributed by atoms with E-state index in [2.05, 4.69) is 11.4 Å². The Balaban J connectivity index is 2.16. The number of nitrogens with one attached hydrogen (secondary N) is 1. The van der Waals surface area contributed by atoms with Crippen LogP contribution in [-0.2, 0) is 0 Å². The Morgan fingerprint density at radius 3 is 2.60 bits per heavy atom. The SMILES string of the molecule is COc1cccc(C(=O)NC(C#N)c2ccccc2)c1. The van der Waals surface area contributed by atoms with Crippen LogP contribution in [0, 0.1) is 11.3 Å². The molecule has 1 N–H and O–H groups in total. The van der Waals surface area contributed by atoms with E-state index in [0.717, 1.165) is 5.56 Å². The normalized spacial score (nSPS) is 11.2. The number of carbonyl (C=O) groups is 1. The summed E-state index contributed by atoms with van der Waals surface area (Å²) in [4.78, 5) is 12.1. The van der Waals surface area contributed by atoms with Crippen LogP contribution in [0.1, 0.15) is 22.0 Å². The van der Waals surface area contributed by atoms with Crippen LogP contribution in [0.5, 0.6) is 5.75 Å². The van der Waals surface area contributed by atoms with Crippen molar-refractivity contribution < 1.29 is 9.53 Å². The molecule has 0 bridgehead atoms. The van der Waals surface area contributed by atoms with Crippen molar-refractivity contribution in [2.24, 2.45) is 0 Å². The van der Waals surface area contributed by atoms with Gasteiger partial charge >= 0.3 is 0 Å². The summed E-state index contributed by atoms with van der Waals surface area (Å²) in [6.45, 7) is 0. The van der Waals surface area contributed by atoms with Crippen molar-refractivity contribution in [2.45, 2.75) is 6.04 Å². The molecule has 0 aliphatic rings. The van der Waals surface area contributed by atoms with Crippen LogP contribution in [-0.4, -0.2) is 13.0 Å². The molecule has 20 heavy (non-hydrogen) atoms. The Labute approximate surface area is 117 Å². The lowest BCUT2D eigenvalue weighted by atomic mass is 10.1. The van der Waals surface area contributed by atoms with Crippen LogP contribution in [0.3, 0.4) is 0 Å². The van der Waals surface area contributed by atoms with E-state index in [9.17, 15) is 10.1 Å². The second-order valence-corrected chi connectivity index (χ2v) is 4.18. The molecule has 0 saturated heterocycles. The molecule has 0 heterocycles. The van der Waals surface area contributed by atoms with Crippen LogP contribution in [0.4, 0.5) is 0 Å². The van der Waals surface area contributed by atoms with Gasteiger partial charge in [0.05, 0.1) is 13.2 Å². The number of hydrogen-bond donors (Lipinski definition) is 1. The van der Waals surface area contributed by atoms with E-state index in [0.29, 0.717) is 11.3 Å². The van der Waals surface area contributed by atoms with E-state index in [-0.39, 0.29) is 5.91 Å². The summed E-state index contributed by atoms with van der Waals surface area (Å²) in [5.74, 6) is 0.296.